The molecule has 0 saturated heterocycles. The third-order valence-electron chi connectivity index (χ3n) is 2.48. The summed E-state index contributed by atoms with van der Waals surface area (Å²) < 4.78 is 0. The summed E-state index contributed by atoms with van der Waals surface area (Å²) in [6.07, 6.45) is 2.45. The lowest BCUT2D eigenvalue weighted by atomic mass is 9.83. The Kier molecular flexibility index (Phi) is 4.27. The van der Waals surface area contributed by atoms with Crippen molar-refractivity contribution in [1.29, 1.82) is 0 Å². The number of benzene rings is 1. The summed E-state index contributed by atoms with van der Waals surface area (Å²) in [5.41, 5.74) is 1.85. The number of hydrogen-bond acceptors (Lipinski definition) is 1. The van der Waals surface area contributed by atoms with E-state index in [4.69, 9.17) is 0 Å². The molecular weight excluding hydrogens is 200 g/mol. The van der Waals surface area contributed by atoms with Gasteiger partial charge in [-0.05, 0) is 41.9 Å². The molecule has 0 fully saturated rings. The van der Waals surface area contributed by atoms with E-state index in [9.17, 15) is 0 Å². The third kappa shape index (κ3) is 5.27. The van der Waals surface area contributed by atoms with Gasteiger partial charge in [0.15, 0.2) is 0 Å². The van der Waals surface area contributed by atoms with Crippen molar-refractivity contribution in [3.63, 3.8) is 0 Å². The van der Waals surface area contributed by atoms with Gasteiger partial charge in [0.1, 0.15) is 0 Å². The molecule has 1 aromatic rings. The molecule has 0 nitrogen and oxygen atoms in total. The smallest absolute Gasteiger partial charge is 0.00401 e. The van der Waals surface area contributed by atoms with Crippen LogP contribution in [0.15, 0.2) is 29.2 Å². The van der Waals surface area contributed by atoms with Crippen molar-refractivity contribution in [3.05, 3.63) is 29.8 Å². The van der Waals surface area contributed by atoms with Crippen LogP contribution in [0.25, 0.3) is 0 Å². The van der Waals surface area contributed by atoms with Gasteiger partial charge in [-0.15, -0.1) is 12.6 Å². The predicted molar refractivity (Wildman–Crippen MR) is 70.6 cm³/mol. The summed E-state index contributed by atoms with van der Waals surface area (Å²) in [6, 6.07) is 8.51. The van der Waals surface area contributed by atoms with Crippen molar-refractivity contribution in [2.24, 2.45) is 11.3 Å². The Morgan fingerprint density at radius 2 is 1.67 bits per heavy atom. The van der Waals surface area contributed by atoms with Gasteiger partial charge in [0.2, 0.25) is 0 Å². The number of hydrogen-bond donors (Lipinski definition) is 1. The maximum Gasteiger partial charge on any atom is 0.00401 e. The van der Waals surface area contributed by atoms with E-state index in [0.29, 0.717) is 5.41 Å². The van der Waals surface area contributed by atoms with Crippen molar-refractivity contribution in [1.82, 2.24) is 0 Å². The van der Waals surface area contributed by atoms with E-state index < -0.39 is 0 Å². The second-order valence-electron chi connectivity index (χ2n) is 5.74. The zero-order valence-corrected chi connectivity index (χ0v) is 11.1. The Morgan fingerprint density at radius 1 is 1.13 bits per heavy atom. The van der Waals surface area contributed by atoms with E-state index in [1.54, 1.807) is 0 Å². The van der Waals surface area contributed by atoms with Crippen LogP contribution in [0.2, 0.25) is 0 Å². The van der Waals surface area contributed by atoms with E-state index >= 15 is 0 Å². The molecule has 1 aromatic carbocycles. The summed E-state index contributed by atoms with van der Waals surface area (Å²) in [7, 11) is 0. The third-order valence-corrected chi connectivity index (χ3v) is 2.78. The summed E-state index contributed by atoms with van der Waals surface area (Å²) in [4.78, 5) is 1.04. The Bertz CT molecular complexity index is 292. The van der Waals surface area contributed by atoms with Crippen molar-refractivity contribution < 1.29 is 0 Å². The molecule has 0 saturated carbocycles. The molecule has 0 N–H and O–H groups in total. The van der Waals surface area contributed by atoms with Crippen LogP contribution in [0.1, 0.15) is 39.7 Å². The predicted octanol–water partition coefficient (Wildman–Crippen LogP) is 4.59. The maximum atomic E-state index is 4.29. The van der Waals surface area contributed by atoms with Crippen molar-refractivity contribution in [2.75, 3.05) is 0 Å². The van der Waals surface area contributed by atoms with E-state index in [1.807, 2.05) is 0 Å². The van der Waals surface area contributed by atoms with Crippen molar-refractivity contribution in [3.8, 4) is 0 Å². The van der Waals surface area contributed by atoms with Crippen LogP contribution in [0.5, 0.6) is 0 Å². The quantitative estimate of drug-likeness (QED) is 0.710. The van der Waals surface area contributed by atoms with E-state index in [2.05, 4.69) is 64.6 Å². The van der Waals surface area contributed by atoms with Crippen molar-refractivity contribution >= 4 is 12.6 Å². The topological polar surface area (TPSA) is 0 Å². The van der Waals surface area contributed by atoms with E-state index in [-0.39, 0.29) is 0 Å². The van der Waals surface area contributed by atoms with Gasteiger partial charge in [0.05, 0.1) is 0 Å². The minimum Gasteiger partial charge on any atom is -0.143 e. The monoisotopic (exact) mass is 222 g/mol. The Morgan fingerprint density at radius 3 is 2.13 bits per heavy atom. The molecule has 0 heterocycles. The molecule has 0 aromatic heterocycles. The Labute approximate surface area is 99.5 Å². The highest BCUT2D eigenvalue weighted by atomic mass is 32.1. The van der Waals surface area contributed by atoms with Crippen LogP contribution >= 0.6 is 12.6 Å². The molecule has 0 aliphatic carbocycles. The van der Waals surface area contributed by atoms with Crippen LogP contribution in [-0.2, 0) is 6.42 Å². The molecule has 1 heteroatoms. The van der Waals surface area contributed by atoms with E-state index in [0.717, 1.165) is 10.8 Å². The molecule has 0 amide bonds. The normalized spacial score (nSPS) is 13.9. The lowest BCUT2D eigenvalue weighted by molar-refractivity contribution is 0.306. The highest BCUT2D eigenvalue weighted by molar-refractivity contribution is 7.80. The molecule has 0 radical (unpaired) electrons. The lowest BCUT2D eigenvalue weighted by Crippen LogP contribution is -2.12. The number of thiol groups is 1. The summed E-state index contributed by atoms with van der Waals surface area (Å²) >= 11 is 4.29. The molecule has 84 valence electrons. The van der Waals surface area contributed by atoms with Gasteiger partial charge >= 0.3 is 0 Å². The van der Waals surface area contributed by atoms with Gasteiger partial charge in [-0.25, -0.2) is 0 Å². The van der Waals surface area contributed by atoms with Crippen LogP contribution in [0.3, 0.4) is 0 Å². The van der Waals surface area contributed by atoms with Crippen LogP contribution in [0, 0.1) is 11.3 Å². The molecule has 1 rings (SSSR count). The zero-order valence-electron chi connectivity index (χ0n) is 10.2. The van der Waals surface area contributed by atoms with Gasteiger partial charge in [-0.1, -0.05) is 39.8 Å². The fourth-order valence-corrected chi connectivity index (χ4v) is 2.30. The second kappa shape index (κ2) is 5.07. The van der Waals surface area contributed by atoms with Gasteiger partial charge in [0, 0.05) is 4.90 Å². The van der Waals surface area contributed by atoms with Gasteiger partial charge in [-0.2, -0.15) is 0 Å². The first-order chi connectivity index (χ1) is 6.87. The molecule has 0 bridgehead atoms. The minimum atomic E-state index is 0.433. The fraction of sp³-hybridized carbons (Fsp3) is 0.571. The molecule has 15 heavy (non-hydrogen) atoms. The second-order valence-corrected chi connectivity index (χ2v) is 6.26. The average molecular weight is 222 g/mol. The van der Waals surface area contributed by atoms with Crippen LogP contribution in [-0.4, -0.2) is 0 Å². The first kappa shape index (κ1) is 12.6. The molecule has 0 aliphatic rings. The lowest BCUT2D eigenvalue weighted by Gasteiger charge is -2.23. The maximum absolute atomic E-state index is 4.29. The SMILES string of the molecule is CC(Cc1ccc(S)cc1)CC(C)(C)C. The van der Waals surface area contributed by atoms with Crippen molar-refractivity contribution in [2.45, 2.75) is 45.4 Å². The largest absolute Gasteiger partial charge is 0.143 e. The molecule has 1 unspecified atom stereocenters. The Balaban J connectivity index is 2.51. The highest BCUT2D eigenvalue weighted by Gasteiger charge is 2.15. The van der Waals surface area contributed by atoms with Gasteiger partial charge in [-0.3, -0.25) is 0 Å². The molecule has 0 spiro atoms. The first-order valence-corrected chi connectivity index (χ1v) is 6.09. The minimum absolute atomic E-state index is 0.433. The standard InChI is InChI=1S/C14H22S/c1-11(10-14(2,3)4)9-12-5-7-13(15)8-6-12/h5-8,11,15H,9-10H2,1-4H3. The zero-order chi connectivity index (χ0) is 11.5. The fourth-order valence-electron chi connectivity index (χ4n) is 2.15. The summed E-state index contributed by atoms with van der Waals surface area (Å²) in [5.74, 6) is 0.746. The van der Waals surface area contributed by atoms with Crippen LogP contribution < -0.4 is 0 Å². The summed E-state index contributed by atoms with van der Waals surface area (Å²) in [5, 5.41) is 0. The van der Waals surface area contributed by atoms with Gasteiger partial charge in [0.25, 0.3) is 0 Å². The van der Waals surface area contributed by atoms with Crippen LogP contribution in [0.4, 0.5) is 0 Å². The Hall–Kier alpha value is -0.430. The van der Waals surface area contributed by atoms with Gasteiger partial charge < -0.3 is 0 Å². The number of rotatable bonds is 3. The molecule has 0 aliphatic heterocycles. The highest BCUT2D eigenvalue weighted by Crippen LogP contribution is 2.26. The molecular formula is C14H22S. The average Bonchev–Trinajstić information content (AvgIpc) is 2.05. The first-order valence-electron chi connectivity index (χ1n) is 5.65. The summed E-state index contributed by atoms with van der Waals surface area (Å²) in [6.45, 7) is 9.25. The van der Waals surface area contributed by atoms with E-state index in [1.165, 1.54) is 18.4 Å². The molecule has 1 atom stereocenters.